The van der Waals surface area contributed by atoms with Gasteiger partial charge in [0.05, 0.1) is 12.7 Å². The predicted octanol–water partition coefficient (Wildman–Crippen LogP) is 3.90. The van der Waals surface area contributed by atoms with E-state index < -0.39 is 5.97 Å². The Hall–Kier alpha value is -2.42. The van der Waals surface area contributed by atoms with E-state index in [1.54, 1.807) is 12.1 Å². The van der Waals surface area contributed by atoms with Crippen molar-refractivity contribution >= 4 is 12.3 Å². The molecule has 0 radical (unpaired) electrons. The van der Waals surface area contributed by atoms with E-state index in [-0.39, 0.29) is 0 Å². The quantitative estimate of drug-likeness (QED) is 0.631. The first-order chi connectivity index (χ1) is 10.2. The van der Waals surface area contributed by atoms with Crippen molar-refractivity contribution in [1.82, 2.24) is 0 Å². The van der Waals surface area contributed by atoms with Gasteiger partial charge in [0.2, 0.25) is 0 Å². The summed E-state index contributed by atoms with van der Waals surface area (Å²) < 4.78 is 4.69. The molecule has 0 aliphatic rings. The number of carbonyl (C=O) groups is 2. The summed E-state index contributed by atoms with van der Waals surface area (Å²) in [6.45, 7) is 4.00. The zero-order chi connectivity index (χ0) is 15.7. The molecule has 0 aliphatic heterocycles. The molecule has 21 heavy (non-hydrogen) atoms. The van der Waals surface area contributed by atoms with Gasteiger partial charge in [0.15, 0.2) is 6.29 Å². The molecular formula is C18H20O3. The Morgan fingerprint density at radius 1 is 1.05 bits per heavy atom. The van der Waals surface area contributed by atoms with Gasteiger partial charge in [-0.25, -0.2) is 4.79 Å². The van der Waals surface area contributed by atoms with E-state index in [2.05, 4.69) is 4.74 Å². The van der Waals surface area contributed by atoms with Crippen molar-refractivity contribution in [3.63, 3.8) is 0 Å². The molecule has 3 heteroatoms. The summed E-state index contributed by atoms with van der Waals surface area (Å²) in [7, 11) is 1.31. The van der Waals surface area contributed by atoms with Gasteiger partial charge in [-0.1, -0.05) is 56.3 Å². The van der Waals surface area contributed by atoms with Crippen LogP contribution >= 0.6 is 0 Å². The summed E-state index contributed by atoms with van der Waals surface area (Å²) >= 11 is 0. The normalized spacial score (nSPS) is 9.29. The van der Waals surface area contributed by atoms with Crippen molar-refractivity contribution in [3.05, 3.63) is 70.8 Å². The first-order valence-corrected chi connectivity index (χ1v) is 6.95. The maximum atomic E-state index is 11.6. The lowest BCUT2D eigenvalue weighted by atomic mass is 10.00. The zero-order valence-corrected chi connectivity index (χ0v) is 12.6. The van der Waals surface area contributed by atoms with Crippen molar-refractivity contribution in [1.29, 1.82) is 0 Å². The highest BCUT2D eigenvalue weighted by atomic mass is 16.5. The number of carbonyl (C=O) groups excluding carboxylic acids is 2. The third-order valence-corrected chi connectivity index (χ3v) is 2.90. The molecule has 2 aromatic carbocycles. The molecule has 0 spiro atoms. The highest BCUT2D eigenvalue weighted by Gasteiger charge is 2.12. The second kappa shape index (κ2) is 8.69. The van der Waals surface area contributed by atoms with E-state index in [9.17, 15) is 9.59 Å². The third-order valence-electron chi connectivity index (χ3n) is 2.90. The molecule has 0 saturated heterocycles. The van der Waals surface area contributed by atoms with Crippen molar-refractivity contribution in [2.24, 2.45) is 0 Å². The summed E-state index contributed by atoms with van der Waals surface area (Å²) in [4.78, 5) is 22.5. The van der Waals surface area contributed by atoms with Crippen LogP contribution in [0.4, 0.5) is 0 Å². The van der Waals surface area contributed by atoms with E-state index in [0.717, 1.165) is 11.1 Å². The maximum absolute atomic E-state index is 11.6. The molecular weight excluding hydrogens is 264 g/mol. The number of rotatable bonds is 4. The van der Waals surface area contributed by atoms with Crippen molar-refractivity contribution in [2.45, 2.75) is 20.3 Å². The smallest absolute Gasteiger partial charge is 0.338 e. The van der Waals surface area contributed by atoms with Crippen LogP contribution in [0.25, 0.3) is 0 Å². The average Bonchev–Trinajstić information content (AvgIpc) is 2.57. The summed E-state index contributed by atoms with van der Waals surface area (Å²) in [6.07, 6.45) is 1.38. The van der Waals surface area contributed by atoms with Crippen LogP contribution in [0.3, 0.4) is 0 Å². The molecule has 3 nitrogen and oxygen atoms in total. The van der Waals surface area contributed by atoms with Gasteiger partial charge in [0, 0.05) is 5.56 Å². The Labute approximate surface area is 125 Å². The maximum Gasteiger partial charge on any atom is 0.338 e. The molecule has 0 unspecified atom stereocenters. The molecule has 0 aliphatic carbocycles. The van der Waals surface area contributed by atoms with Crippen LogP contribution in [0.5, 0.6) is 0 Å². The van der Waals surface area contributed by atoms with Crippen LogP contribution in [0.1, 0.15) is 45.7 Å². The highest BCUT2D eigenvalue weighted by Crippen LogP contribution is 2.15. The van der Waals surface area contributed by atoms with E-state index in [0.29, 0.717) is 23.8 Å². The predicted molar refractivity (Wildman–Crippen MR) is 83.8 cm³/mol. The molecule has 110 valence electrons. The number of benzene rings is 2. The summed E-state index contributed by atoms with van der Waals surface area (Å²) in [6, 6.07) is 15.1. The Bertz CT molecular complexity index is 589. The molecule has 0 fully saturated rings. The minimum Gasteiger partial charge on any atom is -0.465 e. The van der Waals surface area contributed by atoms with E-state index >= 15 is 0 Å². The van der Waals surface area contributed by atoms with Crippen LogP contribution in [-0.4, -0.2) is 19.4 Å². The molecule has 0 saturated carbocycles. The van der Waals surface area contributed by atoms with Gasteiger partial charge in [-0.15, -0.1) is 0 Å². The highest BCUT2D eigenvalue weighted by molar-refractivity contribution is 5.98. The van der Waals surface area contributed by atoms with Gasteiger partial charge in [-0.3, -0.25) is 4.79 Å². The fourth-order valence-electron chi connectivity index (χ4n) is 1.93. The number of ether oxygens (including phenoxy) is 1. The van der Waals surface area contributed by atoms with Gasteiger partial charge in [-0.05, 0) is 23.6 Å². The minimum absolute atomic E-state index is 0.311. The Kier molecular flexibility index (Phi) is 6.88. The number of esters is 1. The van der Waals surface area contributed by atoms with Crippen LogP contribution in [0.15, 0.2) is 48.5 Å². The molecule has 2 rings (SSSR count). The first-order valence-electron chi connectivity index (χ1n) is 6.95. The van der Waals surface area contributed by atoms with Gasteiger partial charge >= 0.3 is 5.97 Å². The minimum atomic E-state index is -0.489. The standard InChI is InChI=1S/C16H14O3.C2H6/c1-19-16(18)15-10-13(7-8-14(15)11-17)9-12-5-3-2-4-6-12;1-2/h2-8,10-11H,9H2,1H3;1-2H3. The Morgan fingerprint density at radius 2 is 1.71 bits per heavy atom. The fraction of sp³-hybridized carbons (Fsp3) is 0.222. The number of hydrogen-bond donors (Lipinski definition) is 0. The summed E-state index contributed by atoms with van der Waals surface area (Å²) in [5, 5.41) is 0. The lowest BCUT2D eigenvalue weighted by Gasteiger charge is -2.07. The van der Waals surface area contributed by atoms with E-state index in [1.165, 1.54) is 7.11 Å². The first kappa shape index (κ1) is 16.6. The Morgan fingerprint density at radius 3 is 2.29 bits per heavy atom. The summed E-state index contributed by atoms with van der Waals surface area (Å²) in [5.41, 5.74) is 2.78. The lowest BCUT2D eigenvalue weighted by molar-refractivity contribution is 0.0598. The Balaban J connectivity index is 0.00000106. The molecule has 0 aromatic heterocycles. The van der Waals surface area contributed by atoms with Crippen molar-refractivity contribution < 1.29 is 14.3 Å². The van der Waals surface area contributed by atoms with E-state index in [4.69, 9.17) is 0 Å². The second-order valence-corrected chi connectivity index (χ2v) is 4.19. The van der Waals surface area contributed by atoms with Crippen LogP contribution < -0.4 is 0 Å². The van der Waals surface area contributed by atoms with Crippen LogP contribution in [0.2, 0.25) is 0 Å². The topological polar surface area (TPSA) is 43.4 Å². The van der Waals surface area contributed by atoms with Gasteiger partial charge in [0.25, 0.3) is 0 Å². The van der Waals surface area contributed by atoms with E-state index in [1.807, 2.05) is 50.2 Å². The fourth-order valence-corrected chi connectivity index (χ4v) is 1.93. The molecule has 0 heterocycles. The zero-order valence-electron chi connectivity index (χ0n) is 12.6. The number of methoxy groups -OCH3 is 1. The monoisotopic (exact) mass is 284 g/mol. The molecule has 0 amide bonds. The SMILES string of the molecule is CC.COC(=O)c1cc(Cc2ccccc2)ccc1C=O. The van der Waals surface area contributed by atoms with Gasteiger partial charge in [-0.2, -0.15) is 0 Å². The number of hydrogen-bond acceptors (Lipinski definition) is 3. The number of aldehydes is 1. The molecule has 2 aromatic rings. The third kappa shape index (κ3) is 4.56. The average molecular weight is 284 g/mol. The van der Waals surface area contributed by atoms with Crippen LogP contribution in [-0.2, 0) is 11.2 Å². The van der Waals surface area contributed by atoms with Gasteiger partial charge in [0.1, 0.15) is 0 Å². The lowest BCUT2D eigenvalue weighted by Crippen LogP contribution is -2.06. The van der Waals surface area contributed by atoms with Crippen molar-refractivity contribution in [2.75, 3.05) is 7.11 Å². The molecule has 0 bridgehead atoms. The second-order valence-electron chi connectivity index (χ2n) is 4.19. The molecule has 0 atom stereocenters. The largest absolute Gasteiger partial charge is 0.465 e. The summed E-state index contributed by atoms with van der Waals surface area (Å²) in [5.74, 6) is -0.489. The van der Waals surface area contributed by atoms with Crippen LogP contribution in [0, 0.1) is 0 Å². The van der Waals surface area contributed by atoms with Gasteiger partial charge < -0.3 is 4.74 Å². The van der Waals surface area contributed by atoms with Crippen molar-refractivity contribution in [3.8, 4) is 0 Å². The molecule has 0 N–H and O–H groups in total.